The lowest BCUT2D eigenvalue weighted by atomic mass is 9.96. The van der Waals surface area contributed by atoms with Crippen LogP contribution in [0.4, 0.5) is 8.78 Å². The fraction of sp³-hybridized carbons (Fsp3) is 0.281. The van der Waals surface area contributed by atoms with Crippen molar-refractivity contribution in [2.45, 2.75) is 31.2 Å². The minimum atomic E-state index is -1.10. The zero-order valence-electron chi connectivity index (χ0n) is 23.4. The summed E-state index contributed by atoms with van der Waals surface area (Å²) in [6.45, 7) is 0.187. The number of halogens is 2. The Labute approximate surface area is 247 Å². The molecule has 0 saturated carbocycles. The SMILES string of the molecule is CSCC[C@H](NC(=O)c1cc(OCC(c2ccc(F)cc2)c2cncn2C)ccc1CCc1ccc(F)cc1)C(=O)O. The standard InChI is InChI=1S/C32H33F2N3O4S/c1-37-20-35-18-30(37)28(23-7-12-25(34)13-8-23)19-41-26-14-9-22(6-3-21-4-10-24(33)11-5-21)27(17-26)31(38)36-29(32(39)40)15-16-42-2/h4-5,7-14,17-18,20,28-29H,3,6,15-16,19H2,1-2H3,(H,36,38)(H,39,40)/t28?,29-/m0/s1. The molecule has 1 amide bonds. The largest absolute Gasteiger partial charge is 0.493 e. The van der Waals surface area contributed by atoms with Crippen molar-refractivity contribution < 1.29 is 28.2 Å². The van der Waals surface area contributed by atoms with E-state index in [2.05, 4.69) is 10.3 Å². The van der Waals surface area contributed by atoms with Crippen LogP contribution in [-0.2, 0) is 24.7 Å². The Bertz CT molecular complexity index is 1490. The van der Waals surface area contributed by atoms with Gasteiger partial charge in [0.25, 0.3) is 5.91 Å². The maximum Gasteiger partial charge on any atom is 0.326 e. The minimum Gasteiger partial charge on any atom is -0.493 e. The van der Waals surface area contributed by atoms with E-state index in [0.717, 1.165) is 16.8 Å². The number of carbonyl (C=O) groups excluding carboxylic acids is 1. The molecule has 1 aromatic heterocycles. The lowest BCUT2D eigenvalue weighted by Gasteiger charge is -2.20. The number of nitrogens with one attached hydrogen (secondary N) is 1. The molecule has 0 aliphatic heterocycles. The number of hydrogen-bond acceptors (Lipinski definition) is 5. The fourth-order valence-corrected chi connectivity index (χ4v) is 5.14. The Hall–Kier alpha value is -4.18. The first-order valence-corrected chi connectivity index (χ1v) is 14.9. The summed E-state index contributed by atoms with van der Waals surface area (Å²) >= 11 is 1.50. The zero-order valence-corrected chi connectivity index (χ0v) is 24.2. The van der Waals surface area contributed by atoms with Crippen molar-refractivity contribution >= 4 is 23.6 Å². The van der Waals surface area contributed by atoms with Gasteiger partial charge in [0.1, 0.15) is 30.0 Å². The molecule has 1 unspecified atom stereocenters. The molecule has 0 spiro atoms. The van der Waals surface area contributed by atoms with Crippen LogP contribution in [0.2, 0.25) is 0 Å². The quantitative estimate of drug-likeness (QED) is 0.197. The van der Waals surface area contributed by atoms with Crippen molar-refractivity contribution in [1.82, 2.24) is 14.9 Å². The van der Waals surface area contributed by atoms with E-state index in [1.54, 1.807) is 55.0 Å². The van der Waals surface area contributed by atoms with Gasteiger partial charge in [0.05, 0.1) is 12.2 Å². The second kappa shape index (κ2) is 14.6. The van der Waals surface area contributed by atoms with E-state index in [1.807, 2.05) is 17.9 Å². The predicted molar refractivity (Wildman–Crippen MR) is 159 cm³/mol. The van der Waals surface area contributed by atoms with E-state index in [9.17, 15) is 23.5 Å². The minimum absolute atomic E-state index is 0.187. The molecule has 0 bridgehead atoms. The van der Waals surface area contributed by atoms with E-state index >= 15 is 0 Å². The Morgan fingerprint density at radius 3 is 2.33 bits per heavy atom. The molecule has 3 aromatic carbocycles. The highest BCUT2D eigenvalue weighted by molar-refractivity contribution is 7.98. The molecular weight excluding hydrogens is 560 g/mol. The third kappa shape index (κ3) is 8.19. The second-order valence-electron chi connectivity index (χ2n) is 9.94. The Kier molecular flexibility index (Phi) is 10.7. The molecule has 220 valence electrons. The Balaban J connectivity index is 1.59. The predicted octanol–water partition coefficient (Wildman–Crippen LogP) is 5.63. The van der Waals surface area contributed by atoms with Crippen LogP contribution in [-0.4, -0.2) is 51.2 Å². The molecule has 2 N–H and O–H groups in total. The van der Waals surface area contributed by atoms with Crippen LogP contribution in [0.5, 0.6) is 5.75 Å². The van der Waals surface area contributed by atoms with E-state index < -0.39 is 17.9 Å². The van der Waals surface area contributed by atoms with Crippen molar-refractivity contribution in [3.63, 3.8) is 0 Å². The molecule has 0 aliphatic rings. The van der Waals surface area contributed by atoms with Gasteiger partial charge >= 0.3 is 5.97 Å². The number of nitrogens with zero attached hydrogens (tertiary/aromatic N) is 2. The highest BCUT2D eigenvalue weighted by Crippen LogP contribution is 2.27. The van der Waals surface area contributed by atoms with Crippen molar-refractivity contribution in [2.24, 2.45) is 7.05 Å². The van der Waals surface area contributed by atoms with E-state index in [1.165, 1.54) is 36.0 Å². The third-order valence-electron chi connectivity index (χ3n) is 7.04. The fourth-order valence-electron chi connectivity index (χ4n) is 4.66. The summed E-state index contributed by atoms with van der Waals surface area (Å²) < 4.78 is 35.1. The van der Waals surface area contributed by atoms with Gasteiger partial charge < -0.3 is 19.7 Å². The summed E-state index contributed by atoms with van der Waals surface area (Å²) in [5, 5.41) is 12.3. The number of benzene rings is 3. The van der Waals surface area contributed by atoms with Crippen LogP contribution in [0.15, 0.2) is 79.3 Å². The molecule has 0 saturated heterocycles. The molecule has 7 nitrogen and oxygen atoms in total. The van der Waals surface area contributed by atoms with Crippen LogP contribution in [0.3, 0.4) is 0 Å². The number of aryl methyl sites for hydroxylation is 3. The number of carboxylic acid groups (broad SMARTS) is 1. The smallest absolute Gasteiger partial charge is 0.326 e. The van der Waals surface area contributed by atoms with Gasteiger partial charge in [-0.25, -0.2) is 18.6 Å². The number of aromatic nitrogens is 2. The molecule has 0 fully saturated rings. The van der Waals surface area contributed by atoms with Gasteiger partial charge in [-0.2, -0.15) is 11.8 Å². The van der Waals surface area contributed by atoms with Gasteiger partial charge in [0.15, 0.2) is 0 Å². The van der Waals surface area contributed by atoms with Crippen LogP contribution in [0.25, 0.3) is 0 Å². The second-order valence-corrected chi connectivity index (χ2v) is 10.9. The third-order valence-corrected chi connectivity index (χ3v) is 7.68. The maximum absolute atomic E-state index is 13.6. The van der Waals surface area contributed by atoms with Crippen LogP contribution in [0.1, 0.15) is 45.1 Å². The summed E-state index contributed by atoms with van der Waals surface area (Å²) in [7, 11) is 1.87. The van der Waals surface area contributed by atoms with Crippen molar-refractivity contribution in [3.05, 3.63) is 119 Å². The van der Waals surface area contributed by atoms with Crippen LogP contribution >= 0.6 is 11.8 Å². The Morgan fingerprint density at radius 1 is 1.02 bits per heavy atom. The number of amides is 1. The van der Waals surface area contributed by atoms with Crippen LogP contribution in [0, 0.1) is 11.6 Å². The molecular formula is C32H33F2N3O4S. The lowest BCUT2D eigenvalue weighted by Crippen LogP contribution is -2.41. The highest BCUT2D eigenvalue weighted by atomic mass is 32.2. The summed E-state index contributed by atoms with van der Waals surface area (Å²) in [4.78, 5) is 29.5. The van der Waals surface area contributed by atoms with Gasteiger partial charge in [-0.05, 0) is 84.4 Å². The molecule has 10 heteroatoms. The number of imidazole rings is 1. The number of thioether (sulfide) groups is 1. The lowest BCUT2D eigenvalue weighted by molar-refractivity contribution is -0.139. The Morgan fingerprint density at radius 2 is 1.71 bits per heavy atom. The van der Waals surface area contributed by atoms with Gasteiger partial charge in [0, 0.05) is 24.5 Å². The summed E-state index contributed by atoms with van der Waals surface area (Å²) in [6.07, 6.45) is 6.61. The number of aliphatic carboxylic acids is 1. The zero-order chi connectivity index (χ0) is 30.1. The molecule has 4 rings (SSSR count). The van der Waals surface area contributed by atoms with Gasteiger partial charge in [0.2, 0.25) is 0 Å². The molecule has 4 aromatic rings. The molecule has 42 heavy (non-hydrogen) atoms. The monoisotopic (exact) mass is 593 g/mol. The molecule has 0 radical (unpaired) electrons. The summed E-state index contributed by atoms with van der Waals surface area (Å²) in [5.74, 6) is -1.53. The van der Waals surface area contributed by atoms with E-state index in [0.29, 0.717) is 35.5 Å². The van der Waals surface area contributed by atoms with E-state index in [4.69, 9.17) is 4.74 Å². The normalized spacial score (nSPS) is 12.5. The molecule has 2 atom stereocenters. The summed E-state index contributed by atoms with van der Waals surface area (Å²) in [6, 6.07) is 16.5. The van der Waals surface area contributed by atoms with Crippen molar-refractivity contribution in [3.8, 4) is 5.75 Å². The average molecular weight is 594 g/mol. The van der Waals surface area contributed by atoms with Gasteiger partial charge in [-0.15, -0.1) is 0 Å². The first kappa shape index (κ1) is 30.8. The van der Waals surface area contributed by atoms with Crippen molar-refractivity contribution in [1.29, 1.82) is 0 Å². The maximum atomic E-state index is 13.6. The number of carbonyl (C=O) groups is 2. The number of ether oxygens (including phenoxy) is 1. The summed E-state index contributed by atoms with van der Waals surface area (Å²) in [5.41, 5.74) is 3.63. The topological polar surface area (TPSA) is 93.5 Å². The van der Waals surface area contributed by atoms with Crippen molar-refractivity contribution in [2.75, 3.05) is 18.6 Å². The number of rotatable bonds is 14. The number of carboxylic acids is 1. The van der Waals surface area contributed by atoms with Gasteiger partial charge in [-0.3, -0.25) is 4.79 Å². The molecule has 0 aliphatic carbocycles. The highest BCUT2D eigenvalue weighted by Gasteiger charge is 2.23. The molecule has 1 heterocycles. The van der Waals surface area contributed by atoms with Crippen LogP contribution < -0.4 is 10.1 Å². The van der Waals surface area contributed by atoms with Gasteiger partial charge in [-0.1, -0.05) is 30.3 Å². The first-order valence-electron chi connectivity index (χ1n) is 13.5. The van der Waals surface area contributed by atoms with E-state index in [-0.39, 0.29) is 30.6 Å². The average Bonchev–Trinajstić information content (AvgIpc) is 3.41. The number of hydrogen-bond donors (Lipinski definition) is 2. The first-order chi connectivity index (χ1) is 20.2.